The van der Waals surface area contributed by atoms with E-state index < -0.39 is 10.0 Å². The van der Waals surface area contributed by atoms with E-state index in [1.54, 1.807) is 36.4 Å². The number of anilines is 2. The van der Waals surface area contributed by atoms with Crippen LogP contribution in [0.4, 0.5) is 11.4 Å². The highest BCUT2D eigenvalue weighted by atomic mass is 32.2. The first-order valence-electron chi connectivity index (χ1n) is 8.78. The summed E-state index contributed by atoms with van der Waals surface area (Å²) in [5.41, 5.74) is 1.08. The van der Waals surface area contributed by atoms with Crippen molar-refractivity contribution in [3.05, 3.63) is 48.6 Å². The average molecular weight is 402 g/mol. The molecule has 1 fully saturated rings. The number of aryl methyl sites for hydroxylation is 1. The van der Waals surface area contributed by atoms with Gasteiger partial charge in [0, 0.05) is 25.1 Å². The highest BCUT2D eigenvalue weighted by Crippen LogP contribution is 2.26. The van der Waals surface area contributed by atoms with Crippen LogP contribution >= 0.6 is 0 Å². The molecule has 146 valence electrons. The third kappa shape index (κ3) is 3.91. The van der Waals surface area contributed by atoms with Gasteiger partial charge in [0.25, 0.3) is 0 Å². The molecule has 2 aromatic heterocycles. The van der Waals surface area contributed by atoms with Crippen molar-refractivity contribution in [1.29, 1.82) is 0 Å². The number of benzene rings is 1. The normalized spacial score (nSPS) is 15.6. The monoisotopic (exact) mass is 402 g/mol. The van der Waals surface area contributed by atoms with Crippen LogP contribution in [0.1, 0.15) is 18.7 Å². The van der Waals surface area contributed by atoms with Gasteiger partial charge in [0.05, 0.1) is 17.7 Å². The standard InChI is InChI=1S/C18H18N4O5S/c23-16(7-8-17-20-18(21-27-17)15-6-2-10-26-15)19-13-4-1-5-14(12-13)22-9-3-11-28(22,24)25/h1-2,4-6,10,12H,3,7-9,11H2,(H,19,23). The minimum absolute atomic E-state index is 0.145. The largest absolute Gasteiger partial charge is 0.461 e. The fourth-order valence-corrected chi connectivity index (χ4v) is 4.53. The molecule has 1 N–H and O–H groups in total. The van der Waals surface area contributed by atoms with Gasteiger partial charge >= 0.3 is 0 Å². The van der Waals surface area contributed by atoms with E-state index in [2.05, 4.69) is 15.5 Å². The van der Waals surface area contributed by atoms with E-state index in [0.29, 0.717) is 41.8 Å². The summed E-state index contributed by atoms with van der Waals surface area (Å²) in [6, 6.07) is 10.2. The topological polar surface area (TPSA) is 119 Å². The molecule has 0 radical (unpaired) electrons. The molecule has 1 saturated heterocycles. The van der Waals surface area contributed by atoms with Gasteiger partial charge in [0.2, 0.25) is 27.6 Å². The molecular weight excluding hydrogens is 384 g/mol. The van der Waals surface area contributed by atoms with Crippen LogP contribution < -0.4 is 9.62 Å². The zero-order valence-corrected chi connectivity index (χ0v) is 15.7. The fourth-order valence-electron chi connectivity index (χ4n) is 2.97. The Hall–Kier alpha value is -3.14. The highest BCUT2D eigenvalue weighted by molar-refractivity contribution is 7.93. The van der Waals surface area contributed by atoms with Gasteiger partial charge in [-0.25, -0.2) is 8.42 Å². The van der Waals surface area contributed by atoms with Crippen LogP contribution in [0.15, 0.2) is 51.6 Å². The first kappa shape index (κ1) is 18.2. The lowest BCUT2D eigenvalue weighted by Gasteiger charge is -2.17. The summed E-state index contributed by atoms with van der Waals surface area (Å²) in [6.07, 6.45) is 2.54. The van der Waals surface area contributed by atoms with E-state index >= 15 is 0 Å². The first-order valence-corrected chi connectivity index (χ1v) is 10.4. The Balaban J connectivity index is 1.36. The maximum Gasteiger partial charge on any atom is 0.238 e. The number of nitrogens with zero attached hydrogens (tertiary/aromatic N) is 3. The Kier molecular flexibility index (Phi) is 4.86. The second kappa shape index (κ2) is 7.47. The van der Waals surface area contributed by atoms with Gasteiger partial charge in [-0.15, -0.1) is 0 Å². The zero-order chi connectivity index (χ0) is 19.6. The molecule has 3 aromatic rings. The Morgan fingerprint density at radius 2 is 2.14 bits per heavy atom. The minimum Gasteiger partial charge on any atom is -0.461 e. The molecule has 0 bridgehead atoms. The predicted octanol–water partition coefficient (Wildman–Crippen LogP) is 2.44. The molecule has 1 aromatic carbocycles. The Bertz CT molecular complexity index is 1080. The van der Waals surface area contributed by atoms with Crippen LogP contribution in [0.3, 0.4) is 0 Å². The van der Waals surface area contributed by atoms with Gasteiger partial charge in [-0.05, 0) is 36.8 Å². The summed E-state index contributed by atoms with van der Waals surface area (Å²) in [7, 11) is -3.26. The van der Waals surface area contributed by atoms with Crippen molar-refractivity contribution in [3.63, 3.8) is 0 Å². The van der Waals surface area contributed by atoms with Crippen LogP contribution in [0, 0.1) is 0 Å². The number of aromatic nitrogens is 2. The molecule has 0 atom stereocenters. The number of sulfonamides is 1. The SMILES string of the molecule is O=C(CCc1nc(-c2ccco2)no1)Nc1cccc(N2CCCS2(=O)=O)c1. The Labute approximate surface area is 161 Å². The molecule has 1 aliphatic heterocycles. The van der Waals surface area contributed by atoms with Gasteiger partial charge in [-0.3, -0.25) is 9.10 Å². The van der Waals surface area contributed by atoms with Gasteiger partial charge in [-0.2, -0.15) is 4.98 Å². The summed E-state index contributed by atoms with van der Waals surface area (Å²) in [4.78, 5) is 16.4. The van der Waals surface area contributed by atoms with Crippen molar-refractivity contribution in [2.45, 2.75) is 19.3 Å². The number of furan rings is 1. The quantitative estimate of drug-likeness (QED) is 0.672. The van der Waals surface area contributed by atoms with E-state index in [1.807, 2.05) is 0 Å². The molecule has 4 rings (SSSR count). The number of hydrogen-bond donors (Lipinski definition) is 1. The molecule has 9 nitrogen and oxygen atoms in total. The number of carbonyl (C=O) groups excluding carboxylic acids is 1. The second-order valence-electron chi connectivity index (χ2n) is 6.33. The third-order valence-electron chi connectivity index (χ3n) is 4.29. The molecule has 0 aliphatic carbocycles. The number of nitrogens with one attached hydrogen (secondary N) is 1. The summed E-state index contributed by atoms with van der Waals surface area (Å²) in [5, 5.41) is 6.58. The van der Waals surface area contributed by atoms with E-state index in [-0.39, 0.29) is 24.5 Å². The lowest BCUT2D eigenvalue weighted by Crippen LogP contribution is -2.25. The van der Waals surface area contributed by atoms with Gasteiger partial charge in [0.1, 0.15) is 0 Å². The highest BCUT2D eigenvalue weighted by Gasteiger charge is 2.28. The van der Waals surface area contributed by atoms with Gasteiger partial charge < -0.3 is 14.3 Å². The van der Waals surface area contributed by atoms with Gasteiger partial charge in [-0.1, -0.05) is 11.2 Å². The van der Waals surface area contributed by atoms with E-state index in [9.17, 15) is 13.2 Å². The first-order chi connectivity index (χ1) is 13.5. The number of amides is 1. The molecule has 0 spiro atoms. The van der Waals surface area contributed by atoms with E-state index in [1.165, 1.54) is 10.6 Å². The van der Waals surface area contributed by atoms with Crippen LogP contribution in [-0.4, -0.2) is 36.8 Å². The van der Waals surface area contributed by atoms with Crippen molar-refractivity contribution in [3.8, 4) is 11.6 Å². The second-order valence-corrected chi connectivity index (χ2v) is 8.34. The fraction of sp³-hybridized carbons (Fsp3) is 0.278. The van der Waals surface area contributed by atoms with Crippen molar-refractivity contribution in [2.24, 2.45) is 0 Å². The maximum atomic E-state index is 12.2. The number of rotatable bonds is 6. The molecule has 0 saturated carbocycles. The minimum atomic E-state index is -3.26. The summed E-state index contributed by atoms with van der Waals surface area (Å²) >= 11 is 0. The molecule has 1 amide bonds. The predicted molar refractivity (Wildman–Crippen MR) is 101 cm³/mol. The lowest BCUT2D eigenvalue weighted by atomic mass is 10.2. The molecular formula is C18H18N4O5S. The molecule has 3 heterocycles. The smallest absolute Gasteiger partial charge is 0.238 e. The Morgan fingerprint density at radius 3 is 2.89 bits per heavy atom. The summed E-state index contributed by atoms with van der Waals surface area (Å²) in [6.45, 7) is 0.453. The molecule has 1 aliphatic rings. The van der Waals surface area contributed by atoms with E-state index in [4.69, 9.17) is 8.94 Å². The van der Waals surface area contributed by atoms with Crippen LogP contribution in [0.2, 0.25) is 0 Å². The zero-order valence-electron chi connectivity index (χ0n) is 14.9. The van der Waals surface area contributed by atoms with Crippen molar-refractivity contribution in [2.75, 3.05) is 21.9 Å². The summed E-state index contributed by atoms with van der Waals surface area (Å²) in [5.74, 6) is 1.07. The number of carbonyl (C=O) groups is 1. The molecule has 0 unspecified atom stereocenters. The number of hydrogen-bond acceptors (Lipinski definition) is 7. The summed E-state index contributed by atoms with van der Waals surface area (Å²) < 4.78 is 35.8. The lowest BCUT2D eigenvalue weighted by molar-refractivity contribution is -0.116. The van der Waals surface area contributed by atoms with Crippen LogP contribution in [0.25, 0.3) is 11.6 Å². The van der Waals surface area contributed by atoms with Crippen LogP contribution in [0.5, 0.6) is 0 Å². The van der Waals surface area contributed by atoms with Crippen molar-refractivity contribution >= 4 is 27.3 Å². The molecule has 28 heavy (non-hydrogen) atoms. The third-order valence-corrected chi connectivity index (χ3v) is 6.16. The molecule has 10 heteroatoms. The van der Waals surface area contributed by atoms with Crippen LogP contribution in [-0.2, 0) is 21.2 Å². The average Bonchev–Trinajstić information content (AvgIpc) is 3.40. The van der Waals surface area contributed by atoms with Crippen molar-refractivity contribution in [1.82, 2.24) is 10.1 Å². The van der Waals surface area contributed by atoms with Gasteiger partial charge in [0.15, 0.2) is 5.76 Å². The van der Waals surface area contributed by atoms with Crippen molar-refractivity contribution < 1.29 is 22.2 Å². The maximum absolute atomic E-state index is 12.2. The van der Waals surface area contributed by atoms with E-state index in [0.717, 1.165) is 0 Å². The Morgan fingerprint density at radius 1 is 1.25 bits per heavy atom.